The predicted octanol–water partition coefficient (Wildman–Crippen LogP) is 2.74. The van der Waals surface area contributed by atoms with Gasteiger partial charge in [-0.15, -0.1) is 6.58 Å². The molecular formula is C21H27N3O5S2. The summed E-state index contributed by atoms with van der Waals surface area (Å²) < 4.78 is 53.7. The summed E-state index contributed by atoms with van der Waals surface area (Å²) in [6.45, 7) is 9.45. The Hall–Kier alpha value is -2.53. The minimum atomic E-state index is -3.69. The smallest absolute Gasteiger partial charge is 0.255 e. The van der Waals surface area contributed by atoms with E-state index < -0.39 is 26.0 Å². The lowest BCUT2D eigenvalue weighted by atomic mass is 10.2. The maximum Gasteiger partial charge on any atom is 0.255 e. The number of nitrogens with zero attached hydrogens (tertiary/aromatic N) is 1. The standard InChI is InChI=1S/C21H27N3O5S2/c1-5-14-22-30(26,27)19-12-9-17(10-13-19)21(25)23-18-11-8-16(4)20(15-18)31(28,29)24(6-2)7-3/h5,8-13,15,22H,1,6-7,14H2,2-4H3,(H,23,25). The minimum Gasteiger partial charge on any atom is -0.322 e. The Kier molecular flexibility index (Phi) is 8.13. The first-order valence-electron chi connectivity index (χ1n) is 9.69. The maximum atomic E-state index is 12.9. The van der Waals surface area contributed by atoms with Gasteiger partial charge in [-0.3, -0.25) is 4.79 Å². The van der Waals surface area contributed by atoms with Gasteiger partial charge in [-0.2, -0.15) is 4.31 Å². The molecule has 0 bridgehead atoms. The SMILES string of the molecule is C=CCNS(=O)(=O)c1ccc(C(=O)Nc2ccc(C)c(S(=O)(=O)N(CC)CC)c2)cc1. The molecule has 0 aliphatic rings. The van der Waals surface area contributed by atoms with Gasteiger partial charge in [0.05, 0.1) is 9.79 Å². The van der Waals surface area contributed by atoms with Crippen molar-refractivity contribution in [2.75, 3.05) is 25.0 Å². The molecule has 168 valence electrons. The van der Waals surface area contributed by atoms with Gasteiger partial charge in [0.2, 0.25) is 20.0 Å². The van der Waals surface area contributed by atoms with E-state index in [0.29, 0.717) is 24.3 Å². The van der Waals surface area contributed by atoms with Crippen LogP contribution < -0.4 is 10.0 Å². The molecule has 0 aliphatic heterocycles. The predicted molar refractivity (Wildman–Crippen MR) is 121 cm³/mol. The van der Waals surface area contributed by atoms with E-state index in [2.05, 4.69) is 16.6 Å². The minimum absolute atomic E-state index is 0.0221. The van der Waals surface area contributed by atoms with Crippen LogP contribution in [0.25, 0.3) is 0 Å². The average molecular weight is 466 g/mol. The van der Waals surface area contributed by atoms with Crippen LogP contribution in [0.1, 0.15) is 29.8 Å². The molecule has 0 heterocycles. The molecule has 2 aromatic carbocycles. The number of carbonyl (C=O) groups excluding carboxylic acids is 1. The number of nitrogens with one attached hydrogen (secondary N) is 2. The second-order valence-corrected chi connectivity index (χ2v) is 10.4. The summed E-state index contributed by atoms with van der Waals surface area (Å²) in [4.78, 5) is 12.7. The van der Waals surface area contributed by atoms with E-state index in [1.807, 2.05) is 0 Å². The number of sulfonamides is 2. The van der Waals surface area contributed by atoms with Gasteiger partial charge >= 0.3 is 0 Å². The van der Waals surface area contributed by atoms with Crippen LogP contribution in [0.15, 0.2) is 64.9 Å². The van der Waals surface area contributed by atoms with Crippen molar-refractivity contribution < 1.29 is 21.6 Å². The number of benzene rings is 2. The van der Waals surface area contributed by atoms with E-state index >= 15 is 0 Å². The largest absolute Gasteiger partial charge is 0.322 e. The summed E-state index contributed by atoms with van der Waals surface area (Å²) in [5.74, 6) is -0.488. The molecule has 0 unspecified atom stereocenters. The maximum absolute atomic E-state index is 12.9. The highest BCUT2D eigenvalue weighted by atomic mass is 32.2. The second kappa shape index (κ2) is 10.2. The summed E-state index contributed by atoms with van der Waals surface area (Å²) in [5, 5.41) is 2.67. The van der Waals surface area contributed by atoms with Crippen molar-refractivity contribution >= 4 is 31.6 Å². The molecule has 0 aromatic heterocycles. The van der Waals surface area contributed by atoms with E-state index in [9.17, 15) is 21.6 Å². The number of carbonyl (C=O) groups is 1. The third-order valence-electron chi connectivity index (χ3n) is 4.61. The summed E-state index contributed by atoms with van der Waals surface area (Å²) in [6, 6.07) is 10.1. The van der Waals surface area contributed by atoms with Crippen molar-refractivity contribution in [1.82, 2.24) is 9.03 Å². The topological polar surface area (TPSA) is 113 Å². The lowest BCUT2D eigenvalue weighted by Gasteiger charge is -2.20. The Morgan fingerprint density at radius 2 is 1.65 bits per heavy atom. The molecule has 2 rings (SSSR count). The molecule has 31 heavy (non-hydrogen) atoms. The molecule has 10 heteroatoms. The third kappa shape index (κ3) is 5.79. The summed E-state index contributed by atoms with van der Waals surface area (Å²) in [5.41, 5.74) is 1.13. The van der Waals surface area contributed by atoms with Crippen LogP contribution in [0.5, 0.6) is 0 Å². The highest BCUT2D eigenvalue weighted by Gasteiger charge is 2.24. The molecule has 2 aromatic rings. The monoisotopic (exact) mass is 465 g/mol. The summed E-state index contributed by atoms with van der Waals surface area (Å²) in [6.07, 6.45) is 1.43. The van der Waals surface area contributed by atoms with Crippen molar-refractivity contribution in [3.63, 3.8) is 0 Å². The van der Waals surface area contributed by atoms with E-state index in [1.54, 1.807) is 32.9 Å². The van der Waals surface area contributed by atoms with Gasteiger partial charge < -0.3 is 5.32 Å². The van der Waals surface area contributed by atoms with Crippen LogP contribution in [0.2, 0.25) is 0 Å². The van der Waals surface area contributed by atoms with E-state index in [1.165, 1.54) is 40.7 Å². The van der Waals surface area contributed by atoms with Gasteiger partial charge in [0.1, 0.15) is 0 Å². The summed E-state index contributed by atoms with van der Waals surface area (Å²) in [7, 11) is -7.37. The fraction of sp³-hybridized carbons (Fsp3) is 0.286. The van der Waals surface area contributed by atoms with Gasteiger partial charge in [0.25, 0.3) is 5.91 Å². The fourth-order valence-electron chi connectivity index (χ4n) is 2.90. The first-order chi connectivity index (χ1) is 14.6. The van der Waals surface area contributed by atoms with E-state index in [4.69, 9.17) is 0 Å². The van der Waals surface area contributed by atoms with Crippen molar-refractivity contribution in [1.29, 1.82) is 0 Å². The van der Waals surface area contributed by atoms with Crippen LogP contribution in [0.4, 0.5) is 5.69 Å². The van der Waals surface area contributed by atoms with Crippen LogP contribution in [-0.4, -0.2) is 46.7 Å². The lowest BCUT2D eigenvalue weighted by Crippen LogP contribution is -2.31. The fourth-order valence-corrected chi connectivity index (χ4v) is 5.61. The van der Waals surface area contributed by atoms with Crippen molar-refractivity contribution in [3.8, 4) is 0 Å². The number of hydrogen-bond acceptors (Lipinski definition) is 5. The molecule has 8 nitrogen and oxygen atoms in total. The molecule has 0 aliphatic carbocycles. The Labute approximate surface area is 184 Å². The first-order valence-corrected chi connectivity index (χ1v) is 12.6. The van der Waals surface area contributed by atoms with E-state index in [0.717, 1.165) is 0 Å². The van der Waals surface area contributed by atoms with E-state index in [-0.39, 0.29) is 21.9 Å². The molecule has 0 fully saturated rings. The molecule has 0 saturated heterocycles. The first kappa shape index (κ1) is 24.7. The number of amides is 1. The lowest BCUT2D eigenvalue weighted by molar-refractivity contribution is 0.102. The second-order valence-electron chi connectivity index (χ2n) is 6.69. The summed E-state index contributed by atoms with van der Waals surface area (Å²) >= 11 is 0. The van der Waals surface area contributed by atoms with Crippen molar-refractivity contribution in [3.05, 3.63) is 66.2 Å². The Morgan fingerprint density at radius 1 is 1.03 bits per heavy atom. The Balaban J connectivity index is 2.26. The number of rotatable bonds is 10. The Bertz CT molecular complexity index is 1150. The molecule has 1 amide bonds. The average Bonchev–Trinajstić information content (AvgIpc) is 2.74. The van der Waals surface area contributed by atoms with Gasteiger partial charge in [-0.1, -0.05) is 26.0 Å². The highest BCUT2D eigenvalue weighted by molar-refractivity contribution is 7.89. The van der Waals surface area contributed by atoms with Crippen LogP contribution in [-0.2, 0) is 20.0 Å². The van der Waals surface area contributed by atoms with Gasteiger partial charge in [-0.05, 0) is 48.9 Å². The molecule has 0 radical (unpaired) electrons. The van der Waals surface area contributed by atoms with Gasteiger partial charge in [-0.25, -0.2) is 21.6 Å². The quantitative estimate of drug-likeness (QED) is 0.524. The number of hydrogen-bond donors (Lipinski definition) is 2. The zero-order valence-electron chi connectivity index (χ0n) is 17.8. The highest BCUT2D eigenvalue weighted by Crippen LogP contribution is 2.24. The molecule has 0 atom stereocenters. The number of aryl methyl sites for hydroxylation is 1. The van der Waals surface area contributed by atoms with Gasteiger partial charge in [0.15, 0.2) is 0 Å². The molecular weight excluding hydrogens is 438 g/mol. The zero-order chi connectivity index (χ0) is 23.2. The zero-order valence-corrected chi connectivity index (χ0v) is 19.4. The Morgan fingerprint density at radius 3 is 2.19 bits per heavy atom. The van der Waals surface area contributed by atoms with Crippen molar-refractivity contribution in [2.24, 2.45) is 0 Å². The molecule has 0 spiro atoms. The van der Waals surface area contributed by atoms with Crippen LogP contribution in [0, 0.1) is 6.92 Å². The van der Waals surface area contributed by atoms with Crippen molar-refractivity contribution in [2.45, 2.75) is 30.6 Å². The molecule has 2 N–H and O–H groups in total. The normalized spacial score (nSPS) is 12.0. The third-order valence-corrected chi connectivity index (χ3v) is 8.25. The van der Waals surface area contributed by atoms with Crippen LogP contribution in [0.3, 0.4) is 0 Å². The molecule has 0 saturated carbocycles. The van der Waals surface area contributed by atoms with Gasteiger partial charge in [0, 0.05) is 30.9 Å². The number of anilines is 1. The van der Waals surface area contributed by atoms with Crippen LogP contribution >= 0.6 is 0 Å².